The summed E-state index contributed by atoms with van der Waals surface area (Å²) in [6.45, 7) is 7.46. The minimum atomic E-state index is 0.518. The van der Waals surface area contributed by atoms with Crippen LogP contribution in [0.25, 0.3) is 12.2 Å². The second-order valence-corrected chi connectivity index (χ2v) is 4.01. The van der Waals surface area contributed by atoms with Crippen LogP contribution in [0.5, 0.6) is 0 Å². The number of aromatic nitrogens is 2. The van der Waals surface area contributed by atoms with Crippen LogP contribution in [0.4, 0.5) is 0 Å². The number of ether oxygens (including phenoxy) is 1. The molecule has 0 aliphatic carbocycles. The van der Waals surface area contributed by atoms with Gasteiger partial charge in [-0.3, -0.25) is 5.10 Å². The van der Waals surface area contributed by atoms with Crippen molar-refractivity contribution in [3.63, 3.8) is 0 Å². The molecule has 0 saturated carbocycles. The molecule has 1 saturated heterocycles. The Kier molecular flexibility index (Phi) is 3.57. The smallest absolute Gasteiger partial charge is 0.0733 e. The third-order valence-electron chi connectivity index (χ3n) is 3.04. The Bertz CT molecular complexity index is 467. The Morgan fingerprint density at radius 3 is 2.81 bits per heavy atom. The fraction of sp³-hybridized carbons (Fsp3) is 0.462. The molecule has 1 aliphatic heterocycles. The predicted molar refractivity (Wildman–Crippen MR) is 65.4 cm³/mol. The van der Waals surface area contributed by atoms with E-state index in [-0.39, 0.29) is 0 Å². The van der Waals surface area contributed by atoms with Crippen molar-refractivity contribution in [3.05, 3.63) is 28.9 Å². The van der Waals surface area contributed by atoms with Crippen LogP contribution in [-0.2, 0) is 4.74 Å². The van der Waals surface area contributed by atoms with Crippen molar-refractivity contribution < 1.29 is 4.74 Å². The molecule has 0 radical (unpaired) electrons. The molecule has 2 heterocycles. The van der Waals surface area contributed by atoms with Gasteiger partial charge in [-0.2, -0.15) is 5.10 Å². The lowest BCUT2D eigenvalue weighted by Crippen LogP contribution is -2.27. The maximum atomic E-state index is 5.38. The van der Waals surface area contributed by atoms with Gasteiger partial charge in [0.2, 0.25) is 0 Å². The molecule has 0 amide bonds. The number of rotatable bonds is 2. The molecular weight excluding hydrogens is 200 g/mol. The van der Waals surface area contributed by atoms with E-state index in [4.69, 9.17) is 4.74 Å². The van der Waals surface area contributed by atoms with Crippen molar-refractivity contribution in [1.29, 1.82) is 0 Å². The lowest BCUT2D eigenvalue weighted by Gasteiger charge is -2.20. The van der Waals surface area contributed by atoms with Crippen molar-refractivity contribution in [2.45, 2.75) is 25.7 Å². The molecule has 1 fully saturated rings. The van der Waals surface area contributed by atoms with Gasteiger partial charge in [0.15, 0.2) is 0 Å². The van der Waals surface area contributed by atoms with Crippen LogP contribution in [0, 0.1) is 0 Å². The summed E-state index contributed by atoms with van der Waals surface area (Å²) in [7, 11) is 0. The van der Waals surface area contributed by atoms with Crippen LogP contribution in [0.2, 0.25) is 0 Å². The lowest BCUT2D eigenvalue weighted by atomic mass is 9.95. The van der Waals surface area contributed by atoms with Crippen LogP contribution in [0.15, 0.2) is 12.7 Å². The summed E-state index contributed by atoms with van der Waals surface area (Å²) >= 11 is 0. The van der Waals surface area contributed by atoms with Gasteiger partial charge in [-0.25, -0.2) is 0 Å². The average molecular weight is 218 g/mol. The molecule has 1 N–H and O–H groups in total. The van der Waals surface area contributed by atoms with Gasteiger partial charge < -0.3 is 4.74 Å². The molecule has 0 bridgehead atoms. The molecule has 1 aromatic heterocycles. The van der Waals surface area contributed by atoms with E-state index in [2.05, 4.69) is 16.8 Å². The van der Waals surface area contributed by atoms with Crippen LogP contribution in [-0.4, -0.2) is 23.4 Å². The Labute approximate surface area is 95.5 Å². The van der Waals surface area contributed by atoms with E-state index in [9.17, 15) is 0 Å². The molecule has 86 valence electrons. The molecule has 16 heavy (non-hydrogen) atoms. The summed E-state index contributed by atoms with van der Waals surface area (Å²) in [5, 5.41) is 9.79. The minimum absolute atomic E-state index is 0.518. The number of nitrogens with one attached hydrogen (secondary N) is 1. The molecule has 1 aliphatic rings. The minimum Gasteiger partial charge on any atom is -0.381 e. The largest absolute Gasteiger partial charge is 0.381 e. The summed E-state index contributed by atoms with van der Waals surface area (Å²) in [4.78, 5) is 0. The fourth-order valence-corrected chi connectivity index (χ4v) is 2.17. The number of nitrogens with zero attached hydrogens (tertiary/aromatic N) is 1. The highest BCUT2D eigenvalue weighted by Crippen LogP contribution is 2.22. The topological polar surface area (TPSA) is 37.9 Å². The van der Waals surface area contributed by atoms with Crippen molar-refractivity contribution in [3.8, 4) is 0 Å². The quantitative estimate of drug-likeness (QED) is 0.806. The van der Waals surface area contributed by atoms with Crippen LogP contribution in [0.3, 0.4) is 0 Å². The average Bonchev–Trinajstić information content (AvgIpc) is 2.74. The first-order valence-electron chi connectivity index (χ1n) is 5.78. The Hall–Kier alpha value is -1.35. The number of H-pyrrole nitrogens is 1. The van der Waals surface area contributed by atoms with E-state index in [1.165, 1.54) is 5.22 Å². The summed E-state index contributed by atoms with van der Waals surface area (Å²) in [6, 6.07) is 0. The van der Waals surface area contributed by atoms with Crippen molar-refractivity contribution >= 4 is 12.2 Å². The molecule has 1 aromatic rings. The first-order chi connectivity index (χ1) is 7.86. The standard InChI is InChI=1S/C13H18N2O/c1-3-5-11-12(4-2)14-15-13(11)10-6-8-16-9-7-10/h3-5,10,14H,1,6-9H2,2H3/b11-5+,12-4+. The van der Waals surface area contributed by atoms with Gasteiger partial charge in [0.25, 0.3) is 0 Å². The highest BCUT2D eigenvalue weighted by Gasteiger charge is 2.19. The molecule has 0 aromatic carbocycles. The van der Waals surface area contributed by atoms with Gasteiger partial charge in [0, 0.05) is 24.4 Å². The van der Waals surface area contributed by atoms with Gasteiger partial charge in [-0.05, 0) is 19.8 Å². The molecule has 2 rings (SSSR count). The van der Waals surface area contributed by atoms with Crippen molar-refractivity contribution in [1.82, 2.24) is 10.2 Å². The zero-order chi connectivity index (χ0) is 11.4. The third kappa shape index (κ3) is 2.09. The lowest BCUT2D eigenvalue weighted by molar-refractivity contribution is 0.0843. The second kappa shape index (κ2) is 5.12. The molecule has 0 atom stereocenters. The van der Waals surface area contributed by atoms with Crippen molar-refractivity contribution in [2.24, 2.45) is 0 Å². The monoisotopic (exact) mass is 218 g/mol. The van der Waals surface area contributed by atoms with Gasteiger partial charge in [0.05, 0.1) is 11.0 Å². The zero-order valence-corrected chi connectivity index (χ0v) is 9.70. The summed E-state index contributed by atoms with van der Waals surface area (Å²) in [5.74, 6) is 0.518. The SMILES string of the molecule is C=C/C=c1/c(C2CCOCC2)n[nH]/c1=C/C. The van der Waals surface area contributed by atoms with E-state index in [1.807, 2.05) is 25.2 Å². The molecule has 3 heteroatoms. The van der Waals surface area contributed by atoms with Gasteiger partial charge in [-0.15, -0.1) is 0 Å². The number of hydrogen-bond donors (Lipinski definition) is 1. The first-order valence-corrected chi connectivity index (χ1v) is 5.78. The predicted octanol–water partition coefficient (Wildman–Crippen LogP) is 1.07. The van der Waals surface area contributed by atoms with Crippen LogP contribution in [0.1, 0.15) is 31.4 Å². The molecule has 0 unspecified atom stereocenters. The molecule has 0 spiro atoms. The number of allylic oxidation sites excluding steroid dienone is 1. The highest BCUT2D eigenvalue weighted by atomic mass is 16.5. The fourth-order valence-electron chi connectivity index (χ4n) is 2.17. The van der Waals surface area contributed by atoms with E-state index < -0.39 is 0 Å². The van der Waals surface area contributed by atoms with Crippen molar-refractivity contribution in [2.75, 3.05) is 13.2 Å². The van der Waals surface area contributed by atoms with Gasteiger partial charge in [-0.1, -0.05) is 24.8 Å². The molecule has 3 nitrogen and oxygen atoms in total. The van der Waals surface area contributed by atoms with Gasteiger partial charge in [0.1, 0.15) is 0 Å². The number of aromatic amines is 1. The van der Waals surface area contributed by atoms with E-state index in [0.717, 1.165) is 37.1 Å². The maximum absolute atomic E-state index is 5.38. The maximum Gasteiger partial charge on any atom is 0.0733 e. The van der Waals surface area contributed by atoms with E-state index in [1.54, 1.807) is 0 Å². The van der Waals surface area contributed by atoms with E-state index >= 15 is 0 Å². The Morgan fingerprint density at radius 2 is 2.19 bits per heavy atom. The van der Waals surface area contributed by atoms with Gasteiger partial charge >= 0.3 is 0 Å². The first kappa shape index (κ1) is 11.1. The van der Waals surface area contributed by atoms with Crippen LogP contribution >= 0.6 is 0 Å². The number of hydrogen-bond acceptors (Lipinski definition) is 2. The van der Waals surface area contributed by atoms with E-state index in [0.29, 0.717) is 5.92 Å². The Balaban J connectivity index is 2.44. The zero-order valence-electron chi connectivity index (χ0n) is 9.70. The third-order valence-corrected chi connectivity index (χ3v) is 3.04. The van der Waals surface area contributed by atoms with Crippen LogP contribution < -0.4 is 10.6 Å². The second-order valence-electron chi connectivity index (χ2n) is 4.01. The Morgan fingerprint density at radius 1 is 1.44 bits per heavy atom. The molecular formula is C13H18N2O. The summed E-state index contributed by atoms with van der Waals surface area (Å²) in [6.07, 6.45) is 8.02. The normalized spacial score (nSPS) is 20.3. The summed E-state index contributed by atoms with van der Waals surface area (Å²) < 4.78 is 5.38. The highest BCUT2D eigenvalue weighted by molar-refractivity contribution is 5.39. The summed E-state index contributed by atoms with van der Waals surface area (Å²) in [5.41, 5.74) is 1.16.